The number of aromatic hydroxyl groups is 1. The number of imidazole rings is 1. The molecule has 0 aliphatic carbocycles. The van der Waals surface area contributed by atoms with E-state index in [1.54, 1.807) is 27.7 Å². The molecule has 1 fully saturated rings. The molecule has 24 nitrogen and oxygen atoms in total. The van der Waals surface area contributed by atoms with Gasteiger partial charge in [0.2, 0.25) is 53.2 Å². The Balaban J connectivity index is 1.68. The highest BCUT2D eigenvalue weighted by atomic mass is 16.4. The molecule has 14 N–H and O–H groups in total. The number of rotatable bonds is 28. The Labute approximate surface area is 393 Å². The Morgan fingerprint density at radius 2 is 1.38 bits per heavy atom. The number of amides is 9. The number of aromatic amines is 1. The van der Waals surface area contributed by atoms with Gasteiger partial charge in [0.1, 0.15) is 42.0 Å². The monoisotopic (exact) mass is 954 g/mol. The quantitative estimate of drug-likeness (QED) is 0.0412. The van der Waals surface area contributed by atoms with E-state index in [1.807, 2.05) is 0 Å². The number of phenols is 1. The molecule has 1 aliphatic heterocycles. The third-order valence-electron chi connectivity index (χ3n) is 11.1. The third kappa shape index (κ3) is 19.0. The molecule has 0 spiro atoms. The van der Waals surface area contributed by atoms with Gasteiger partial charge in [-0.25, -0.2) is 9.78 Å². The van der Waals surface area contributed by atoms with Gasteiger partial charge < -0.3 is 68.8 Å². The van der Waals surface area contributed by atoms with Crippen molar-refractivity contribution < 1.29 is 58.2 Å². The molecule has 3 rings (SSSR count). The first-order valence-corrected chi connectivity index (χ1v) is 22.5. The fourth-order valence-electron chi connectivity index (χ4n) is 7.03. The zero-order chi connectivity index (χ0) is 50.5. The predicted molar refractivity (Wildman–Crippen MR) is 243 cm³/mol. The fourth-order valence-corrected chi connectivity index (χ4v) is 7.03. The van der Waals surface area contributed by atoms with Crippen molar-refractivity contribution in [2.75, 3.05) is 19.6 Å². The molecule has 374 valence electrons. The second kappa shape index (κ2) is 27.5. The van der Waals surface area contributed by atoms with E-state index in [1.165, 1.54) is 43.7 Å². The smallest absolute Gasteiger partial charge is 0.326 e. The second-order valence-corrected chi connectivity index (χ2v) is 17.2. The van der Waals surface area contributed by atoms with Crippen LogP contribution in [0.25, 0.3) is 0 Å². The van der Waals surface area contributed by atoms with Crippen LogP contribution in [0.1, 0.15) is 84.4 Å². The molecular weight excluding hydrogens is 889 g/mol. The molecule has 0 radical (unpaired) electrons. The summed E-state index contributed by atoms with van der Waals surface area (Å²) in [6.07, 6.45) is 3.84. The van der Waals surface area contributed by atoms with Gasteiger partial charge in [0.05, 0.1) is 25.5 Å². The van der Waals surface area contributed by atoms with E-state index in [-0.39, 0.29) is 49.7 Å². The minimum atomic E-state index is -1.40. The molecule has 24 heteroatoms. The number of H-pyrrole nitrogens is 1. The minimum Gasteiger partial charge on any atom is -0.508 e. The van der Waals surface area contributed by atoms with E-state index in [0.29, 0.717) is 30.6 Å². The zero-order valence-corrected chi connectivity index (χ0v) is 38.9. The van der Waals surface area contributed by atoms with Crippen molar-refractivity contribution in [1.29, 1.82) is 0 Å². The van der Waals surface area contributed by atoms with Crippen LogP contribution in [0.15, 0.2) is 36.8 Å². The number of carboxylic acid groups (broad SMARTS) is 1. The van der Waals surface area contributed by atoms with Crippen LogP contribution in [0.2, 0.25) is 0 Å². The predicted octanol–water partition coefficient (Wildman–Crippen LogP) is -2.74. The first-order valence-electron chi connectivity index (χ1n) is 22.5. The first-order chi connectivity index (χ1) is 32.2. The largest absolute Gasteiger partial charge is 0.508 e. The van der Waals surface area contributed by atoms with Crippen molar-refractivity contribution in [1.82, 2.24) is 57.8 Å². The van der Waals surface area contributed by atoms with Crippen LogP contribution in [0.3, 0.4) is 0 Å². The van der Waals surface area contributed by atoms with Crippen molar-refractivity contribution >= 4 is 59.1 Å². The molecule has 0 saturated carbocycles. The molecular formula is C44H66N12O12. The van der Waals surface area contributed by atoms with Crippen LogP contribution in [0, 0.1) is 11.8 Å². The van der Waals surface area contributed by atoms with Gasteiger partial charge in [-0.2, -0.15) is 0 Å². The molecule has 2 heterocycles. The number of aromatic nitrogens is 2. The number of aliphatic carboxylic acids is 1. The number of hydrogen-bond donors (Lipinski definition) is 13. The van der Waals surface area contributed by atoms with Crippen LogP contribution < -0.4 is 53.6 Å². The van der Waals surface area contributed by atoms with Crippen molar-refractivity contribution in [3.05, 3.63) is 48.0 Å². The standard InChI is InChI=1S/C44H66N12O12/c1-6-24(4)37(43(66)51-25(5)38(61)55-33(44(67)68)17-26-9-11-28(57)12-10-26)56-42(65)32(18-27-19-46-22-50-27)53-36(60)21-49-40(63)30(13-14-34(45)58)54-41(64)31(16-23(2)3)52-35(59)20-48-39(62)29-8-7-15-47-29/h9-12,19,22-25,29-33,37,47,57H,6-8,13-18,20-21H2,1-5H3,(H2,45,58)(H,46,50)(H,48,62)(H,49,63)(H,51,66)(H,52,59)(H,53,60)(H,54,64)(H,55,61)(H,56,65)(H,67,68)/t24-,25-,29-,30-,31-,32-,33-,37-/m0/s1. The van der Waals surface area contributed by atoms with Gasteiger partial charge in [-0.05, 0) is 68.7 Å². The molecule has 8 atom stereocenters. The van der Waals surface area contributed by atoms with Gasteiger partial charge in [-0.3, -0.25) is 43.2 Å². The maximum atomic E-state index is 13.9. The van der Waals surface area contributed by atoms with Crippen molar-refractivity contribution in [3.63, 3.8) is 0 Å². The molecule has 1 aliphatic rings. The van der Waals surface area contributed by atoms with Gasteiger partial charge >= 0.3 is 5.97 Å². The van der Waals surface area contributed by atoms with Crippen molar-refractivity contribution in [2.24, 2.45) is 17.6 Å². The highest BCUT2D eigenvalue weighted by molar-refractivity contribution is 5.97. The van der Waals surface area contributed by atoms with Crippen LogP contribution in [0.4, 0.5) is 0 Å². The summed E-state index contributed by atoms with van der Waals surface area (Å²) in [6, 6.07) is -2.46. The number of carboxylic acids is 1. The molecule has 0 bridgehead atoms. The number of carbonyl (C=O) groups is 10. The van der Waals surface area contributed by atoms with E-state index in [4.69, 9.17) is 5.73 Å². The summed E-state index contributed by atoms with van der Waals surface area (Å²) in [6.45, 7) is 7.94. The lowest BCUT2D eigenvalue weighted by Crippen LogP contribution is -2.59. The number of benzene rings is 1. The Kier molecular flexibility index (Phi) is 22.3. The van der Waals surface area contributed by atoms with Crippen molar-refractivity contribution in [2.45, 2.75) is 128 Å². The van der Waals surface area contributed by atoms with Crippen molar-refractivity contribution in [3.8, 4) is 5.75 Å². The van der Waals surface area contributed by atoms with Gasteiger partial charge in [0, 0.05) is 31.2 Å². The maximum absolute atomic E-state index is 13.9. The number of nitrogens with two attached hydrogens (primary N) is 1. The van der Waals surface area contributed by atoms with E-state index < -0.39 is 115 Å². The summed E-state index contributed by atoms with van der Waals surface area (Å²) in [5, 5.41) is 42.5. The fraction of sp³-hybridized carbons (Fsp3) is 0.568. The number of phenolic OH excluding ortho intramolecular Hbond substituents is 1. The zero-order valence-electron chi connectivity index (χ0n) is 38.9. The Morgan fingerprint density at radius 1 is 0.750 bits per heavy atom. The average molecular weight is 955 g/mol. The highest BCUT2D eigenvalue weighted by Gasteiger charge is 2.34. The highest BCUT2D eigenvalue weighted by Crippen LogP contribution is 2.13. The molecule has 68 heavy (non-hydrogen) atoms. The first kappa shape index (κ1) is 55.2. The van der Waals surface area contributed by atoms with Crippen LogP contribution in [0.5, 0.6) is 5.75 Å². The number of hydrogen-bond acceptors (Lipinski definition) is 13. The molecule has 1 aromatic heterocycles. The number of primary amides is 1. The van der Waals surface area contributed by atoms with Gasteiger partial charge in [-0.1, -0.05) is 46.2 Å². The summed E-state index contributed by atoms with van der Waals surface area (Å²) in [4.78, 5) is 137. The summed E-state index contributed by atoms with van der Waals surface area (Å²) >= 11 is 0. The van der Waals surface area contributed by atoms with E-state index >= 15 is 0 Å². The molecule has 9 amide bonds. The van der Waals surface area contributed by atoms with Gasteiger partial charge in [0.15, 0.2) is 0 Å². The van der Waals surface area contributed by atoms with Gasteiger partial charge in [0.25, 0.3) is 0 Å². The Hall–Kier alpha value is -7.11. The number of carbonyl (C=O) groups excluding carboxylic acids is 9. The normalized spacial score (nSPS) is 16.3. The Bertz CT molecular complexity index is 2060. The number of nitrogens with zero attached hydrogens (tertiary/aromatic N) is 1. The lowest BCUT2D eigenvalue weighted by Gasteiger charge is -2.28. The lowest BCUT2D eigenvalue weighted by molar-refractivity contribution is -0.142. The van der Waals surface area contributed by atoms with Crippen LogP contribution in [-0.4, -0.2) is 141 Å². The second-order valence-electron chi connectivity index (χ2n) is 17.2. The third-order valence-corrected chi connectivity index (χ3v) is 11.1. The number of nitrogens with one attached hydrogen (secondary N) is 10. The van der Waals surface area contributed by atoms with E-state index in [2.05, 4.69) is 57.8 Å². The molecule has 1 saturated heterocycles. The molecule has 1 aromatic carbocycles. The SMILES string of the molecule is CC[C@H](C)[C@H](NC(=O)[C@H](Cc1cnc[nH]1)NC(=O)CNC(=O)[C@H](CCC(N)=O)NC(=O)[C@H](CC(C)C)NC(=O)CNC(=O)[C@@H]1CCCN1)C(=O)N[C@@H](C)C(=O)N[C@@H](Cc1ccc(O)cc1)C(=O)O. The van der Waals surface area contributed by atoms with E-state index in [0.717, 1.165) is 6.42 Å². The lowest BCUT2D eigenvalue weighted by atomic mass is 9.97. The Morgan fingerprint density at radius 3 is 1.96 bits per heavy atom. The topological polar surface area (TPSA) is 374 Å². The summed E-state index contributed by atoms with van der Waals surface area (Å²) in [7, 11) is 0. The molecule has 2 aromatic rings. The average Bonchev–Trinajstić information content (AvgIpc) is 4.03. The minimum absolute atomic E-state index is 0.0231. The summed E-state index contributed by atoms with van der Waals surface area (Å²) < 4.78 is 0. The van der Waals surface area contributed by atoms with Crippen LogP contribution >= 0.6 is 0 Å². The maximum Gasteiger partial charge on any atom is 0.326 e. The van der Waals surface area contributed by atoms with Gasteiger partial charge in [-0.15, -0.1) is 0 Å². The summed E-state index contributed by atoms with van der Waals surface area (Å²) in [5.74, 6) is -8.71. The summed E-state index contributed by atoms with van der Waals surface area (Å²) in [5.41, 5.74) is 6.27. The van der Waals surface area contributed by atoms with Crippen LogP contribution in [-0.2, 0) is 60.8 Å². The molecule has 0 unspecified atom stereocenters. The van der Waals surface area contributed by atoms with E-state index in [9.17, 15) is 58.2 Å².